The molecule has 0 bridgehead atoms. The summed E-state index contributed by atoms with van der Waals surface area (Å²) in [7, 11) is 0. The van der Waals surface area contributed by atoms with Crippen LogP contribution in [0.1, 0.15) is 32.9 Å². The van der Waals surface area contributed by atoms with Crippen molar-refractivity contribution in [3.63, 3.8) is 0 Å². The molecule has 1 aliphatic heterocycles. The van der Waals surface area contributed by atoms with Crippen LogP contribution in [0.2, 0.25) is 0 Å². The molecule has 1 N–H and O–H groups in total. The van der Waals surface area contributed by atoms with Gasteiger partial charge >= 0.3 is 0 Å². The lowest BCUT2D eigenvalue weighted by Gasteiger charge is -2.13. The summed E-state index contributed by atoms with van der Waals surface area (Å²) in [6.45, 7) is 8.82. The summed E-state index contributed by atoms with van der Waals surface area (Å²) in [5, 5.41) is 8.12. The number of anilines is 1. The maximum absolute atomic E-state index is 4.52. The fourth-order valence-corrected chi connectivity index (χ4v) is 3.72. The third-order valence-corrected chi connectivity index (χ3v) is 4.66. The number of thioether (sulfide) groups is 1. The van der Waals surface area contributed by atoms with E-state index < -0.39 is 0 Å². The Morgan fingerprint density at radius 1 is 1.56 bits per heavy atom. The fourth-order valence-electron chi connectivity index (χ4n) is 2.43. The van der Waals surface area contributed by atoms with Gasteiger partial charge in [0.05, 0.1) is 17.6 Å². The van der Waals surface area contributed by atoms with Crippen LogP contribution < -0.4 is 5.32 Å². The Kier molecular flexibility index (Phi) is 4.98. The van der Waals surface area contributed by atoms with Gasteiger partial charge in [0.2, 0.25) is 0 Å². The van der Waals surface area contributed by atoms with E-state index in [-0.39, 0.29) is 0 Å². The van der Waals surface area contributed by atoms with Crippen LogP contribution in [0.5, 0.6) is 0 Å². The number of aromatic nitrogens is 2. The molecule has 2 rings (SSSR count). The van der Waals surface area contributed by atoms with Gasteiger partial charge in [0.1, 0.15) is 0 Å². The van der Waals surface area contributed by atoms with Crippen LogP contribution >= 0.6 is 11.8 Å². The first kappa shape index (κ1) is 13.8. The summed E-state index contributed by atoms with van der Waals surface area (Å²) in [5.41, 5.74) is 2.60. The molecule has 0 saturated carbocycles. The van der Waals surface area contributed by atoms with Crippen molar-refractivity contribution < 1.29 is 0 Å². The van der Waals surface area contributed by atoms with Crippen LogP contribution in [-0.4, -0.2) is 27.8 Å². The van der Waals surface area contributed by atoms with Gasteiger partial charge in [0, 0.05) is 13.1 Å². The lowest BCUT2D eigenvalue weighted by molar-refractivity contribution is 0.470. The zero-order chi connectivity index (χ0) is 13.0. The maximum Gasteiger partial charge on any atom is 0.0759 e. The number of rotatable bonds is 6. The Hall–Kier alpha value is -0.640. The van der Waals surface area contributed by atoms with E-state index in [4.69, 9.17) is 0 Å². The van der Waals surface area contributed by atoms with Gasteiger partial charge in [-0.3, -0.25) is 4.68 Å². The smallest absolute Gasteiger partial charge is 0.0759 e. The maximum atomic E-state index is 4.52. The van der Waals surface area contributed by atoms with Crippen LogP contribution in [0.25, 0.3) is 0 Å². The largest absolute Gasteiger partial charge is 0.382 e. The van der Waals surface area contributed by atoms with E-state index in [1.54, 1.807) is 0 Å². The van der Waals surface area contributed by atoms with Crippen LogP contribution in [0, 0.1) is 11.8 Å². The molecule has 1 fully saturated rings. The van der Waals surface area contributed by atoms with Gasteiger partial charge in [-0.25, -0.2) is 0 Å². The van der Waals surface area contributed by atoms with Gasteiger partial charge < -0.3 is 5.32 Å². The minimum atomic E-state index is 0.647. The quantitative estimate of drug-likeness (QED) is 0.858. The molecule has 1 atom stereocenters. The van der Waals surface area contributed by atoms with Crippen LogP contribution in [0.4, 0.5) is 5.69 Å². The predicted molar refractivity (Wildman–Crippen MR) is 80.4 cm³/mol. The van der Waals surface area contributed by atoms with Crippen molar-refractivity contribution >= 4 is 17.4 Å². The van der Waals surface area contributed by atoms with Gasteiger partial charge in [-0.15, -0.1) is 0 Å². The highest BCUT2D eigenvalue weighted by atomic mass is 32.2. The van der Waals surface area contributed by atoms with Gasteiger partial charge in [-0.05, 0) is 36.2 Å². The first-order chi connectivity index (χ1) is 8.70. The highest BCUT2D eigenvalue weighted by molar-refractivity contribution is 7.99. The van der Waals surface area contributed by atoms with Crippen LogP contribution in [0.3, 0.4) is 0 Å². The molecule has 0 amide bonds. The second kappa shape index (κ2) is 6.50. The minimum absolute atomic E-state index is 0.647. The van der Waals surface area contributed by atoms with E-state index >= 15 is 0 Å². The number of hydrogen-bond donors (Lipinski definition) is 1. The van der Waals surface area contributed by atoms with E-state index in [1.807, 2.05) is 6.20 Å². The van der Waals surface area contributed by atoms with Crippen LogP contribution in [0.15, 0.2) is 6.20 Å². The summed E-state index contributed by atoms with van der Waals surface area (Å²) in [4.78, 5) is 0. The summed E-state index contributed by atoms with van der Waals surface area (Å²) < 4.78 is 2.16. The second-order valence-electron chi connectivity index (χ2n) is 5.54. The lowest BCUT2D eigenvalue weighted by atomic mass is 10.1. The first-order valence-electron chi connectivity index (χ1n) is 7.07. The van der Waals surface area contributed by atoms with E-state index in [9.17, 15) is 0 Å². The van der Waals surface area contributed by atoms with E-state index in [0.29, 0.717) is 5.92 Å². The molecule has 1 aromatic rings. The van der Waals surface area contributed by atoms with Crippen molar-refractivity contribution in [2.45, 2.75) is 40.2 Å². The monoisotopic (exact) mass is 267 g/mol. The van der Waals surface area contributed by atoms with Crippen molar-refractivity contribution in [2.75, 3.05) is 23.4 Å². The number of nitrogens with zero attached hydrogens (tertiary/aromatic N) is 2. The normalized spacial score (nSPS) is 19.7. The third kappa shape index (κ3) is 3.44. The van der Waals surface area contributed by atoms with Gasteiger partial charge in [0.25, 0.3) is 0 Å². The summed E-state index contributed by atoms with van der Waals surface area (Å²) >= 11 is 2.08. The van der Waals surface area contributed by atoms with Crippen molar-refractivity contribution in [3.05, 3.63) is 11.9 Å². The molecule has 0 aromatic carbocycles. The summed E-state index contributed by atoms with van der Waals surface area (Å²) in [6, 6.07) is 0. The second-order valence-corrected chi connectivity index (χ2v) is 6.69. The molecule has 1 aliphatic rings. The third-order valence-electron chi connectivity index (χ3n) is 3.43. The molecule has 102 valence electrons. The molecule has 1 unspecified atom stereocenters. The molecule has 2 heterocycles. The average molecular weight is 267 g/mol. The van der Waals surface area contributed by atoms with Gasteiger partial charge in [0.15, 0.2) is 0 Å². The standard InChI is InChI=1S/C14H25N3S/c1-4-14-13(8-16-17(14)9-11(2)3)15-7-12-5-6-18-10-12/h8,11-12,15H,4-7,9-10H2,1-3H3. The van der Waals surface area contributed by atoms with Crippen molar-refractivity contribution in [2.24, 2.45) is 11.8 Å². The topological polar surface area (TPSA) is 29.9 Å². The highest BCUT2D eigenvalue weighted by Crippen LogP contribution is 2.24. The number of hydrogen-bond acceptors (Lipinski definition) is 3. The van der Waals surface area contributed by atoms with Gasteiger partial charge in [-0.2, -0.15) is 16.9 Å². The zero-order valence-electron chi connectivity index (χ0n) is 11.8. The molecule has 0 radical (unpaired) electrons. The Bertz CT molecular complexity index is 367. The molecular formula is C14H25N3S. The zero-order valence-corrected chi connectivity index (χ0v) is 12.6. The summed E-state index contributed by atoms with van der Waals surface area (Å²) in [5.74, 6) is 4.14. The van der Waals surface area contributed by atoms with Gasteiger partial charge in [-0.1, -0.05) is 20.8 Å². The SMILES string of the molecule is CCc1c(NCC2CCSC2)cnn1CC(C)C. The van der Waals surface area contributed by atoms with E-state index in [0.717, 1.165) is 25.4 Å². The fraction of sp³-hybridized carbons (Fsp3) is 0.786. The minimum Gasteiger partial charge on any atom is -0.382 e. The van der Waals surface area contributed by atoms with Crippen molar-refractivity contribution in [3.8, 4) is 0 Å². The molecule has 1 aromatic heterocycles. The average Bonchev–Trinajstić information content (AvgIpc) is 2.94. The lowest BCUT2D eigenvalue weighted by Crippen LogP contribution is -2.15. The molecule has 1 saturated heterocycles. The molecule has 3 nitrogen and oxygen atoms in total. The molecular weight excluding hydrogens is 242 g/mol. The van der Waals surface area contributed by atoms with E-state index in [1.165, 1.54) is 29.3 Å². The Morgan fingerprint density at radius 3 is 3.00 bits per heavy atom. The highest BCUT2D eigenvalue weighted by Gasteiger charge is 2.16. The Labute approximate surface area is 115 Å². The number of nitrogens with one attached hydrogen (secondary N) is 1. The first-order valence-corrected chi connectivity index (χ1v) is 8.22. The van der Waals surface area contributed by atoms with Crippen molar-refractivity contribution in [1.29, 1.82) is 0 Å². The molecule has 0 aliphatic carbocycles. The predicted octanol–water partition coefficient (Wildman–Crippen LogP) is 3.27. The summed E-state index contributed by atoms with van der Waals surface area (Å²) in [6.07, 6.45) is 4.41. The molecule has 4 heteroatoms. The molecule has 0 spiro atoms. The Balaban J connectivity index is 1.96. The van der Waals surface area contributed by atoms with Crippen LogP contribution in [-0.2, 0) is 13.0 Å². The molecule has 18 heavy (non-hydrogen) atoms. The van der Waals surface area contributed by atoms with Crippen molar-refractivity contribution in [1.82, 2.24) is 9.78 Å². The van der Waals surface area contributed by atoms with E-state index in [2.05, 4.69) is 47.6 Å². The Morgan fingerprint density at radius 2 is 2.39 bits per heavy atom.